The molecule has 0 aromatic heterocycles. The third kappa shape index (κ3) is 1.65. The Morgan fingerprint density at radius 3 is 2.45 bits per heavy atom. The molecule has 0 aromatic carbocycles. The molecule has 0 fully saturated rings. The maximum atomic E-state index is 5.20. The third-order valence-electron chi connectivity index (χ3n) is 2.44. The molecule has 1 nitrogen and oxygen atoms in total. The van der Waals surface area contributed by atoms with E-state index in [0.717, 1.165) is 5.76 Å². The van der Waals surface area contributed by atoms with Crippen LogP contribution in [-0.2, 0) is 4.74 Å². The van der Waals surface area contributed by atoms with Crippen molar-refractivity contribution in [3.63, 3.8) is 0 Å². The van der Waals surface area contributed by atoms with Gasteiger partial charge in [0.15, 0.2) is 0 Å². The molecule has 1 unspecified atom stereocenters. The van der Waals surface area contributed by atoms with Crippen LogP contribution in [0.15, 0.2) is 24.2 Å². The van der Waals surface area contributed by atoms with Crippen LogP contribution in [0.5, 0.6) is 0 Å². The average Bonchev–Trinajstić information content (AvgIpc) is 1.86. The second-order valence-electron chi connectivity index (χ2n) is 3.70. The van der Waals surface area contributed by atoms with Crippen LogP contribution in [0.1, 0.15) is 27.7 Å². The molecule has 0 aromatic rings. The van der Waals surface area contributed by atoms with E-state index in [1.807, 2.05) is 6.92 Å². The van der Waals surface area contributed by atoms with Crippen molar-refractivity contribution in [2.45, 2.75) is 27.7 Å². The Hall–Kier alpha value is -0.720. The lowest BCUT2D eigenvalue weighted by molar-refractivity contribution is 0.283. The quantitative estimate of drug-likeness (QED) is 0.561. The van der Waals surface area contributed by atoms with Crippen molar-refractivity contribution in [3.05, 3.63) is 24.2 Å². The van der Waals surface area contributed by atoms with Crippen LogP contribution < -0.4 is 0 Å². The summed E-state index contributed by atoms with van der Waals surface area (Å²) < 4.78 is 5.20. The van der Waals surface area contributed by atoms with Gasteiger partial charge < -0.3 is 4.74 Å². The van der Waals surface area contributed by atoms with Crippen molar-refractivity contribution in [3.8, 4) is 0 Å². The molecule has 62 valence electrons. The van der Waals surface area contributed by atoms with Gasteiger partial charge in [0.25, 0.3) is 0 Å². The van der Waals surface area contributed by atoms with Crippen LogP contribution >= 0.6 is 0 Å². The van der Waals surface area contributed by atoms with Gasteiger partial charge in [-0.3, -0.25) is 0 Å². The zero-order valence-electron chi connectivity index (χ0n) is 7.72. The van der Waals surface area contributed by atoms with Gasteiger partial charge in [-0.15, -0.1) is 0 Å². The summed E-state index contributed by atoms with van der Waals surface area (Å²) in [5.41, 5.74) is 0.183. The van der Waals surface area contributed by atoms with E-state index in [1.165, 1.54) is 0 Å². The summed E-state index contributed by atoms with van der Waals surface area (Å²) in [4.78, 5) is 0. The minimum Gasteiger partial charge on any atom is -0.470 e. The molecule has 11 heavy (non-hydrogen) atoms. The Kier molecular flexibility index (Phi) is 2.08. The number of hydrogen-bond acceptors (Lipinski definition) is 1. The van der Waals surface area contributed by atoms with Gasteiger partial charge in [0.05, 0.1) is 12.0 Å². The third-order valence-corrected chi connectivity index (χ3v) is 2.44. The fourth-order valence-electron chi connectivity index (χ4n) is 1.17. The summed E-state index contributed by atoms with van der Waals surface area (Å²) >= 11 is 0. The number of rotatable bonds is 1. The largest absolute Gasteiger partial charge is 0.470 e. The summed E-state index contributed by atoms with van der Waals surface area (Å²) in [6, 6.07) is 0. The van der Waals surface area contributed by atoms with Crippen LogP contribution in [0.2, 0.25) is 0 Å². The van der Waals surface area contributed by atoms with Crippen molar-refractivity contribution in [1.29, 1.82) is 0 Å². The Morgan fingerprint density at radius 2 is 2.09 bits per heavy atom. The first-order chi connectivity index (χ1) is 5.04. The highest BCUT2D eigenvalue weighted by atomic mass is 16.5. The van der Waals surface area contributed by atoms with Crippen molar-refractivity contribution in [2.24, 2.45) is 11.3 Å². The van der Waals surface area contributed by atoms with Gasteiger partial charge in [-0.1, -0.05) is 20.8 Å². The lowest BCUT2D eigenvalue weighted by Crippen LogP contribution is -2.20. The number of ether oxygens (including phenoxy) is 1. The van der Waals surface area contributed by atoms with Gasteiger partial charge in [-0.25, -0.2) is 0 Å². The first-order valence-corrected chi connectivity index (χ1v) is 4.08. The molecule has 1 heteroatoms. The molecule has 1 rings (SSSR count). The van der Waals surface area contributed by atoms with E-state index in [-0.39, 0.29) is 5.41 Å². The minimum atomic E-state index is 0.183. The van der Waals surface area contributed by atoms with E-state index in [4.69, 9.17) is 4.74 Å². The van der Waals surface area contributed by atoms with E-state index in [0.29, 0.717) is 5.92 Å². The normalized spacial score (nSPS) is 30.1. The molecule has 0 radical (unpaired) electrons. The molecule has 1 atom stereocenters. The smallest absolute Gasteiger partial charge is 0.0969 e. The maximum absolute atomic E-state index is 5.20. The van der Waals surface area contributed by atoms with Crippen LogP contribution in [0, 0.1) is 11.3 Å². The zero-order chi connectivity index (χ0) is 8.48. The van der Waals surface area contributed by atoms with E-state index in [9.17, 15) is 0 Å². The molecule has 1 aliphatic heterocycles. The molecule has 0 saturated carbocycles. The first kappa shape index (κ1) is 8.38. The van der Waals surface area contributed by atoms with Gasteiger partial charge in [0.1, 0.15) is 0 Å². The summed E-state index contributed by atoms with van der Waals surface area (Å²) in [6.07, 6.45) is 6.08. The van der Waals surface area contributed by atoms with Crippen molar-refractivity contribution < 1.29 is 4.74 Å². The Labute approximate surface area is 68.8 Å². The van der Waals surface area contributed by atoms with E-state index < -0.39 is 0 Å². The average molecular weight is 152 g/mol. The predicted octanol–water partition coefficient (Wildman–Crippen LogP) is 3.10. The molecular weight excluding hydrogens is 136 g/mol. The van der Waals surface area contributed by atoms with Crippen LogP contribution in [0.3, 0.4) is 0 Å². The van der Waals surface area contributed by atoms with E-state index in [2.05, 4.69) is 32.9 Å². The molecule has 1 heterocycles. The van der Waals surface area contributed by atoms with Crippen molar-refractivity contribution in [1.82, 2.24) is 0 Å². The van der Waals surface area contributed by atoms with E-state index in [1.54, 1.807) is 6.26 Å². The fourth-order valence-corrected chi connectivity index (χ4v) is 1.17. The molecule has 0 aliphatic carbocycles. The first-order valence-electron chi connectivity index (χ1n) is 4.08. The van der Waals surface area contributed by atoms with Crippen LogP contribution in [-0.4, -0.2) is 0 Å². The summed E-state index contributed by atoms with van der Waals surface area (Å²) in [5.74, 6) is 1.63. The molecule has 0 spiro atoms. The van der Waals surface area contributed by atoms with Crippen molar-refractivity contribution >= 4 is 0 Å². The van der Waals surface area contributed by atoms with Gasteiger partial charge in [-0.2, -0.15) is 0 Å². The summed E-state index contributed by atoms with van der Waals surface area (Å²) in [7, 11) is 0. The second-order valence-corrected chi connectivity index (χ2v) is 3.70. The van der Waals surface area contributed by atoms with Gasteiger partial charge in [-0.05, 0) is 25.0 Å². The van der Waals surface area contributed by atoms with Gasteiger partial charge in [0, 0.05) is 5.41 Å². The highest BCUT2D eigenvalue weighted by Crippen LogP contribution is 2.34. The second kappa shape index (κ2) is 2.72. The van der Waals surface area contributed by atoms with Gasteiger partial charge in [0.2, 0.25) is 0 Å². The SMILES string of the molecule is CC1=CC(C)(C(C)C)C=CO1. The maximum Gasteiger partial charge on any atom is 0.0969 e. The standard InChI is InChI=1S/C10H16O/c1-8(2)10(4)5-6-11-9(3)7-10/h5-8H,1-4H3. The van der Waals surface area contributed by atoms with Crippen LogP contribution in [0.25, 0.3) is 0 Å². The van der Waals surface area contributed by atoms with Crippen molar-refractivity contribution in [2.75, 3.05) is 0 Å². The Bertz CT molecular complexity index is 201. The number of allylic oxidation sites excluding steroid dienone is 3. The zero-order valence-corrected chi connectivity index (χ0v) is 7.72. The summed E-state index contributed by atoms with van der Waals surface area (Å²) in [5, 5.41) is 0. The predicted molar refractivity (Wildman–Crippen MR) is 46.9 cm³/mol. The topological polar surface area (TPSA) is 9.23 Å². The Morgan fingerprint density at radius 1 is 1.45 bits per heavy atom. The highest BCUT2D eigenvalue weighted by Gasteiger charge is 2.25. The molecule has 0 saturated heterocycles. The number of hydrogen-bond donors (Lipinski definition) is 0. The van der Waals surface area contributed by atoms with E-state index >= 15 is 0 Å². The Balaban J connectivity index is 2.85. The monoisotopic (exact) mass is 152 g/mol. The highest BCUT2D eigenvalue weighted by molar-refractivity contribution is 5.15. The van der Waals surface area contributed by atoms with Crippen LogP contribution in [0.4, 0.5) is 0 Å². The van der Waals surface area contributed by atoms with Gasteiger partial charge >= 0.3 is 0 Å². The molecule has 0 bridgehead atoms. The molecule has 1 aliphatic rings. The lowest BCUT2D eigenvalue weighted by atomic mass is 9.78. The fraction of sp³-hybridized carbons (Fsp3) is 0.600. The molecule has 0 amide bonds. The summed E-state index contributed by atoms with van der Waals surface area (Å²) in [6.45, 7) is 8.66. The minimum absolute atomic E-state index is 0.183. The molecule has 0 N–H and O–H groups in total. The lowest BCUT2D eigenvalue weighted by Gasteiger charge is -2.29. The molecular formula is C10H16O.